The number of nitrogens with zero attached hydrogens (tertiary/aromatic N) is 1. The van der Waals surface area contributed by atoms with Crippen LogP contribution in [-0.2, 0) is 23.1 Å². The molecule has 33 heavy (non-hydrogen) atoms. The fraction of sp³-hybridized carbons (Fsp3) is 0.269. The Balaban J connectivity index is 1.37. The van der Waals surface area contributed by atoms with Gasteiger partial charge in [0.1, 0.15) is 0 Å². The highest BCUT2D eigenvalue weighted by atomic mass is 32.2. The van der Waals surface area contributed by atoms with Crippen LogP contribution < -0.4 is 10.0 Å². The fourth-order valence-corrected chi connectivity index (χ4v) is 5.08. The van der Waals surface area contributed by atoms with Crippen LogP contribution in [0, 0.1) is 0 Å². The third-order valence-electron chi connectivity index (χ3n) is 5.85. The van der Waals surface area contributed by atoms with E-state index >= 15 is 0 Å². The molecule has 0 saturated carbocycles. The van der Waals surface area contributed by atoms with Crippen LogP contribution in [0.4, 0.5) is 5.69 Å². The second-order valence-electron chi connectivity index (χ2n) is 8.28. The molecule has 1 aliphatic rings. The summed E-state index contributed by atoms with van der Waals surface area (Å²) in [5.74, 6) is -0.234. The number of rotatable bonds is 8. The van der Waals surface area contributed by atoms with Gasteiger partial charge in [0.15, 0.2) is 0 Å². The van der Waals surface area contributed by atoms with Gasteiger partial charge >= 0.3 is 0 Å². The standard InChI is InChI=1S/C26H29N3O3S/c30-26(27-19-22-9-5-6-10-23(22)20-29-17-7-2-8-18-29)21-13-15-25(16-14-21)33(31,32)28-24-11-3-1-4-12-24/h1,3-6,9-16,28H,2,7-8,17-20H2,(H,27,30). The van der Waals surface area contributed by atoms with Gasteiger partial charge in [-0.15, -0.1) is 0 Å². The number of hydrogen-bond donors (Lipinski definition) is 2. The van der Waals surface area contributed by atoms with Crippen molar-refractivity contribution in [3.05, 3.63) is 95.6 Å². The first kappa shape index (κ1) is 23.0. The molecule has 1 fully saturated rings. The predicted molar refractivity (Wildman–Crippen MR) is 130 cm³/mol. The molecule has 0 aromatic heterocycles. The van der Waals surface area contributed by atoms with Gasteiger partial charge in [0.05, 0.1) is 4.90 Å². The quantitative estimate of drug-likeness (QED) is 0.519. The van der Waals surface area contributed by atoms with Crippen molar-refractivity contribution < 1.29 is 13.2 Å². The van der Waals surface area contributed by atoms with Crippen LogP contribution >= 0.6 is 0 Å². The number of carbonyl (C=O) groups excluding carboxylic acids is 1. The Morgan fingerprint density at radius 3 is 2.12 bits per heavy atom. The number of carbonyl (C=O) groups is 1. The Morgan fingerprint density at radius 2 is 1.42 bits per heavy atom. The third-order valence-corrected chi connectivity index (χ3v) is 7.25. The monoisotopic (exact) mass is 463 g/mol. The Kier molecular flexibility index (Phi) is 7.42. The van der Waals surface area contributed by atoms with Gasteiger partial charge in [-0.25, -0.2) is 8.42 Å². The number of sulfonamides is 1. The zero-order chi connectivity index (χ0) is 23.1. The van der Waals surface area contributed by atoms with Gasteiger partial charge in [-0.05, 0) is 73.5 Å². The maximum atomic E-state index is 12.7. The molecule has 3 aromatic rings. The molecule has 0 aliphatic carbocycles. The summed E-state index contributed by atoms with van der Waals surface area (Å²) in [5.41, 5.74) is 3.24. The normalized spacial score (nSPS) is 14.5. The molecule has 1 heterocycles. The van der Waals surface area contributed by atoms with Gasteiger partial charge in [0.25, 0.3) is 15.9 Å². The van der Waals surface area contributed by atoms with Crippen LogP contribution in [0.1, 0.15) is 40.7 Å². The minimum absolute atomic E-state index is 0.106. The van der Waals surface area contributed by atoms with Crippen molar-refractivity contribution in [2.24, 2.45) is 0 Å². The lowest BCUT2D eigenvalue weighted by Gasteiger charge is -2.27. The fourth-order valence-electron chi connectivity index (χ4n) is 4.03. The summed E-state index contributed by atoms with van der Waals surface area (Å²) in [5, 5.41) is 2.97. The first-order valence-electron chi connectivity index (χ1n) is 11.3. The van der Waals surface area contributed by atoms with Crippen molar-refractivity contribution in [1.29, 1.82) is 0 Å². The highest BCUT2D eigenvalue weighted by molar-refractivity contribution is 7.92. The van der Waals surface area contributed by atoms with Gasteiger partial charge in [0.2, 0.25) is 0 Å². The van der Waals surface area contributed by atoms with Crippen molar-refractivity contribution in [1.82, 2.24) is 10.2 Å². The van der Waals surface area contributed by atoms with E-state index in [2.05, 4.69) is 21.0 Å². The largest absolute Gasteiger partial charge is 0.348 e. The van der Waals surface area contributed by atoms with E-state index in [9.17, 15) is 13.2 Å². The van der Waals surface area contributed by atoms with Crippen molar-refractivity contribution in [3.8, 4) is 0 Å². The maximum Gasteiger partial charge on any atom is 0.261 e. The minimum Gasteiger partial charge on any atom is -0.348 e. The number of likely N-dealkylation sites (tertiary alicyclic amines) is 1. The van der Waals surface area contributed by atoms with E-state index in [1.54, 1.807) is 24.3 Å². The Labute approximate surface area is 195 Å². The first-order valence-corrected chi connectivity index (χ1v) is 12.7. The minimum atomic E-state index is -3.72. The molecule has 6 nitrogen and oxygen atoms in total. The summed E-state index contributed by atoms with van der Waals surface area (Å²) < 4.78 is 27.7. The summed E-state index contributed by atoms with van der Waals surface area (Å²) in [4.78, 5) is 15.3. The molecule has 172 valence electrons. The molecule has 3 aromatic carbocycles. The van der Waals surface area contributed by atoms with E-state index in [0.717, 1.165) is 25.2 Å². The molecule has 7 heteroatoms. The van der Waals surface area contributed by atoms with Gasteiger partial charge in [-0.3, -0.25) is 14.4 Å². The summed E-state index contributed by atoms with van der Waals surface area (Å²) in [6.07, 6.45) is 3.79. The molecular weight excluding hydrogens is 434 g/mol. The average Bonchev–Trinajstić information content (AvgIpc) is 2.84. The lowest BCUT2D eigenvalue weighted by Crippen LogP contribution is -2.30. The Hall–Kier alpha value is -3.16. The molecule has 4 rings (SSSR count). The summed E-state index contributed by atoms with van der Waals surface area (Å²) in [6.45, 7) is 3.57. The average molecular weight is 464 g/mol. The molecule has 1 saturated heterocycles. The number of hydrogen-bond acceptors (Lipinski definition) is 4. The number of para-hydroxylation sites is 1. The second-order valence-corrected chi connectivity index (χ2v) is 9.97. The molecule has 0 radical (unpaired) electrons. The smallest absolute Gasteiger partial charge is 0.261 e. The number of anilines is 1. The molecule has 1 amide bonds. The van der Waals surface area contributed by atoms with Crippen molar-refractivity contribution in [3.63, 3.8) is 0 Å². The zero-order valence-corrected chi connectivity index (χ0v) is 19.4. The molecule has 2 N–H and O–H groups in total. The van der Waals surface area contributed by atoms with Crippen LogP contribution in [0.5, 0.6) is 0 Å². The first-order chi connectivity index (χ1) is 16.0. The predicted octanol–water partition coefficient (Wildman–Crippen LogP) is 4.40. The molecular formula is C26H29N3O3S. The number of piperidine rings is 1. The van der Waals surface area contributed by atoms with Gasteiger partial charge in [0, 0.05) is 24.3 Å². The van der Waals surface area contributed by atoms with Crippen LogP contribution in [0.2, 0.25) is 0 Å². The third kappa shape index (κ3) is 6.21. The molecule has 1 aliphatic heterocycles. The van der Waals surface area contributed by atoms with Crippen molar-refractivity contribution in [2.75, 3.05) is 17.8 Å². The van der Waals surface area contributed by atoms with Crippen molar-refractivity contribution >= 4 is 21.6 Å². The topological polar surface area (TPSA) is 78.5 Å². The van der Waals surface area contributed by atoms with E-state index in [-0.39, 0.29) is 10.8 Å². The number of benzene rings is 3. The van der Waals surface area contributed by atoms with E-state index in [4.69, 9.17) is 0 Å². The lowest BCUT2D eigenvalue weighted by atomic mass is 10.0. The molecule has 0 unspecified atom stereocenters. The highest BCUT2D eigenvalue weighted by Gasteiger charge is 2.16. The molecule has 0 atom stereocenters. The Morgan fingerprint density at radius 1 is 0.788 bits per heavy atom. The summed E-state index contributed by atoms with van der Waals surface area (Å²) in [7, 11) is -3.72. The van der Waals surface area contributed by atoms with Gasteiger partial charge in [-0.1, -0.05) is 48.9 Å². The molecule has 0 spiro atoms. The van der Waals surface area contributed by atoms with E-state index in [1.165, 1.54) is 49.1 Å². The second kappa shape index (κ2) is 10.6. The Bertz CT molecular complexity index is 1170. The number of nitrogens with one attached hydrogen (secondary N) is 2. The van der Waals surface area contributed by atoms with Crippen LogP contribution in [-0.4, -0.2) is 32.3 Å². The van der Waals surface area contributed by atoms with E-state index in [0.29, 0.717) is 17.8 Å². The van der Waals surface area contributed by atoms with Crippen LogP contribution in [0.25, 0.3) is 0 Å². The van der Waals surface area contributed by atoms with Crippen LogP contribution in [0.15, 0.2) is 83.8 Å². The summed E-state index contributed by atoms with van der Waals surface area (Å²) in [6, 6.07) is 22.9. The van der Waals surface area contributed by atoms with Gasteiger partial charge in [-0.2, -0.15) is 0 Å². The zero-order valence-electron chi connectivity index (χ0n) is 18.5. The van der Waals surface area contributed by atoms with Gasteiger partial charge < -0.3 is 5.32 Å². The highest BCUT2D eigenvalue weighted by Crippen LogP contribution is 2.18. The number of amides is 1. The maximum absolute atomic E-state index is 12.7. The van der Waals surface area contributed by atoms with Crippen molar-refractivity contribution in [2.45, 2.75) is 37.2 Å². The summed E-state index contributed by atoms with van der Waals surface area (Å²) >= 11 is 0. The van der Waals surface area contributed by atoms with E-state index in [1.807, 2.05) is 24.3 Å². The molecule has 0 bridgehead atoms. The van der Waals surface area contributed by atoms with E-state index < -0.39 is 10.0 Å². The lowest BCUT2D eigenvalue weighted by molar-refractivity contribution is 0.0950. The SMILES string of the molecule is O=C(NCc1ccccc1CN1CCCCC1)c1ccc(S(=O)(=O)Nc2ccccc2)cc1. The van der Waals surface area contributed by atoms with Crippen LogP contribution in [0.3, 0.4) is 0 Å².